The van der Waals surface area contributed by atoms with Gasteiger partial charge in [0.15, 0.2) is 0 Å². The van der Waals surface area contributed by atoms with Crippen LogP contribution in [0.3, 0.4) is 0 Å². The van der Waals surface area contributed by atoms with E-state index in [0.717, 1.165) is 0 Å². The standard InChI is InChI=1S/C20H21NO4/c21-16-11-17(24-19(22)14-7-3-1-4-8-14)13-18(12-16)25-20(23)15-9-5-2-6-10-15/h1-10,16-18H,11-13,21H2/t16-,17-,18+. The van der Waals surface area contributed by atoms with E-state index in [-0.39, 0.29) is 30.2 Å². The molecule has 25 heavy (non-hydrogen) atoms. The van der Waals surface area contributed by atoms with Crippen molar-refractivity contribution in [2.75, 3.05) is 0 Å². The molecule has 0 amide bonds. The molecule has 5 heteroatoms. The molecule has 0 bridgehead atoms. The second-order valence-electron chi connectivity index (χ2n) is 6.25. The fourth-order valence-corrected chi connectivity index (χ4v) is 3.04. The van der Waals surface area contributed by atoms with E-state index in [4.69, 9.17) is 15.2 Å². The van der Waals surface area contributed by atoms with E-state index in [9.17, 15) is 9.59 Å². The lowest BCUT2D eigenvalue weighted by Gasteiger charge is -2.32. The van der Waals surface area contributed by atoms with E-state index in [1.54, 1.807) is 48.5 Å². The highest BCUT2D eigenvalue weighted by Crippen LogP contribution is 2.25. The first-order valence-corrected chi connectivity index (χ1v) is 8.39. The number of benzene rings is 2. The number of ether oxygens (including phenoxy) is 2. The van der Waals surface area contributed by atoms with Crippen LogP contribution in [0.4, 0.5) is 0 Å². The third kappa shape index (κ3) is 4.67. The van der Waals surface area contributed by atoms with E-state index in [0.29, 0.717) is 30.4 Å². The predicted octanol–water partition coefficient (Wildman–Crippen LogP) is 2.95. The summed E-state index contributed by atoms with van der Waals surface area (Å²) in [7, 11) is 0. The van der Waals surface area contributed by atoms with Gasteiger partial charge in [0.2, 0.25) is 0 Å². The number of hydrogen-bond acceptors (Lipinski definition) is 5. The first-order chi connectivity index (χ1) is 12.1. The summed E-state index contributed by atoms with van der Waals surface area (Å²) in [4.78, 5) is 24.4. The summed E-state index contributed by atoms with van der Waals surface area (Å²) in [5.74, 6) is -0.763. The first-order valence-electron chi connectivity index (χ1n) is 8.39. The average Bonchev–Trinajstić information content (AvgIpc) is 2.62. The Bertz CT molecular complexity index is 655. The topological polar surface area (TPSA) is 78.6 Å². The van der Waals surface area contributed by atoms with Gasteiger partial charge in [-0.25, -0.2) is 9.59 Å². The summed E-state index contributed by atoms with van der Waals surface area (Å²) in [5, 5.41) is 0. The number of esters is 2. The van der Waals surface area contributed by atoms with Crippen LogP contribution in [-0.2, 0) is 9.47 Å². The quantitative estimate of drug-likeness (QED) is 0.867. The molecule has 1 saturated carbocycles. The Morgan fingerprint density at radius 1 is 0.720 bits per heavy atom. The van der Waals surface area contributed by atoms with Gasteiger partial charge >= 0.3 is 11.9 Å². The van der Waals surface area contributed by atoms with Crippen molar-refractivity contribution in [2.45, 2.75) is 37.5 Å². The molecule has 0 radical (unpaired) electrons. The van der Waals surface area contributed by atoms with Gasteiger partial charge in [-0.1, -0.05) is 36.4 Å². The Morgan fingerprint density at radius 3 is 1.52 bits per heavy atom. The largest absolute Gasteiger partial charge is 0.459 e. The zero-order valence-electron chi connectivity index (χ0n) is 13.8. The van der Waals surface area contributed by atoms with Gasteiger partial charge in [-0.2, -0.15) is 0 Å². The maximum absolute atomic E-state index is 12.2. The minimum absolute atomic E-state index is 0.170. The number of hydrogen-bond donors (Lipinski definition) is 1. The number of carbonyl (C=O) groups excluding carboxylic acids is 2. The van der Waals surface area contributed by atoms with Crippen LogP contribution >= 0.6 is 0 Å². The smallest absolute Gasteiger partial charge is 0.338 e. The van der Waals surface area contributed by atoms with E-state index in [2.05, 4.69) is 0 Å². The molecule has 3 atom stereocenters. The van der Waals surface area contributed by atoms with Gasteiger partial charge < -0.3 is 15.2 Å². The third-order valence-electron chi connectivity index (χ3n) is 4.22. The summed E-state index contributed by atoms with van der Waals surface area (Å²) >= 11 is 0. The summed E-state index contributed by atoms with van der Waals surface area (Å²) in [6, 6.07) is 17.5. The SMILES string of the molecule is N[C@@H]1C[C@@H](OC(=O)c2ccccc2)C[C@@H](OC(=O)c2ccccc2)C1. The lowest BCUT2D eigenvalue weighted by molar-refractivity contribution is -0.0215. The molecule has 2 N–H and O–H groups in total. The Labute approximate surface area is 146 Å². The van der Waals surface area contributed by atoms with Crippen molar-refractivity contribution in [1.82, 2.24) is 0 Å². The molecule has 0 saturated heterocycles. The molecule has 1 aliphatic carbocycles. The van der Waals surface area contributed by atoms with Crippen LogP contribution in [-0.4, -0.2) is 30.2 Å². The molecule has 0 aromatic heterocycles. The first kappa shape index (κ1) is 17.2. The number of rotatable bonds is 4. The van der Waals surface area contributed by atoms with Crippen LogP contribution in [0.2, 0.25) is 0 Å². The molecule has 0 heterocycles. The third-order valence-corrected chi connectivity index (χ3v) is 4.22. The zero-order valence-corrected chi connectivity index (χ0v) is 13.8. The van der Waals surface area contributed by atoms with Crippen molar-refractivity contribution >= 4 is 11.9 Å². The normalized spacial score (nSPS) is 22.8. The van der Waals surface area contributed by atoms with Crippen molar-refractivity contribution < 1.29 is 19.1 Å². The molecule has 2 aromatic rings. The molecule has 0 aliphatic heterocycles. The molecular formula is C20H21NO4. The van der Waals surface area contributed by atoms with Gasteiger partial charge in [-0.15, -0.1) is 0 Å². The van der Waals surface area contributed by atoms with E-state index >= 15 is 0 Å². The summed E-state index contributed by atoms with van der Waals surface area (Å²) < 4.78 is 11.1. The number of nitrogens with two attached hydrogens (primary N) is 1. The molecule has 5 nitrogen and oxygen atoms in total. The lowest BCUT2D eigenvalue weighted by Crippen LogP contribution is -2.41. The fourth-order valence-electron chi connectivity index (χ4n) is 3.04. The minimum Gasteiger partial charge on any atom is -0.459 e. The van der Waals surface area contributed by atoms with Crippen molar-refractivity contribution in [3.8, 4) is 0 Å². The highest BCUT2D eigenvalue weighted by Gasteiger charge is 2.32. The molecule has 1 fully saturated rings. The Morgan fingerprint density at radius 2 is 1.12 bits per heavy atom. The van der Waals surface area contributed by atoms with Gasteiger partial charge in [-0.05, 0) is 37.1 Å². The van der Waals surface area contributed by atoms with E-state index in [1.165, 1.54) is 0 Å². The maximum Gasteiger partial charge on any atom is 0.338 e. The molecule has 0 spiro atoms. The van der Waals surface area contributed by atoms with E-state index in [1.807, 2.05) is 12.1 Å². The maximum atomic E-state index is 12.2. The fraction of sp³-hybridized carbons (Fsp3) is 0.300. The van der Waals surface area contributed by atoms with Gasteiger partial charge in [-0.3, -0.25) is 0 Å². The van der Waals surface area contributed by atoms with Crippen molar-refractivity contribution in [2.24, 2.45) is 5.73 Å². The zero-order chi connectivity index (χ0) is 17.6. The Balaban J connectivity index is 1.60. The summed E-state index contributed by atoms with van der Waals surface area (Å²) in [6.07, 6.45) is 0.885. The van der Waals surface area contributed by atoms with Gasteiger partial charge in [0.05, 0.1) is 11.1 Å². The van der Waals surface area contributed by atoms with E-state index < -0.39 is 0 Å². The van der Waals surface area contributed by atoms with Crippen LogP contribution in [0.25, 0.3) is 0 Å². The van der Waals surface area contributed by atoms with Crippen LogP contribution < -0.4 is 5.73 Å². The highest BCUT2D eigenvalue weighted by atomic mass is 16.6. The molecular weight excluding hydrogens is 318 g/mol. The molecule has 130 valence electrons. The van der Waals surface area contributed by atoms with Crippen molar-refractivity contribution in [1.29, 1.82) is 0 Å². The van der Waals surface area contributed by atoms with Crippen LogP contribution in [0, 0.1) is 0 Å². The Hall–Kier alpha value is -2.66. The molecule has 0 unspecified atom stereocenters. The summed E-state index contributed by atoms with van der Waals surface area (Å²) in [6.45, 7) is 0. The van der Waals surface area contributed by atoms with Crippen molar-refractivity contribution in [3.63, 3.8) is 0 Å². The second kappa shape index (κ2) is 7.94. The van der Waals surface area contributed by atoms with Crippen LogP contribution in [0.1, 0.15) is 40.0 Å². The average molecular weight is 339 g/mol. The van der Waals surface area contributed by atoms with Gasteiger partial charge in [0.1, 0.15) is 12.2 Å². The highest BCUT2D eigenvalue weighted by molar-refractivity contribution is 5.90. The summed E-state index contributed by atoms with van der Waals surface area (Å²) in [5.41, 5.74) is 7.06. The lowest BCUT2D eigenvalue weighted by atomic mass is 9.91. The molecule has 1 aliphatic rings. The minimum atomic E-state index is -0.382. The van der Waals surface area contributed by atoms with Gasteiger partial charge in [0, 0.05) is 12.5 Å². The van der Waals surface area contributed by atoms with Gasteiger partial charge in [0.25, 0.3) is 0 Å². The molecule has 3 rings (SSSR count). The van der Waals surface area contributed by atoms with Crippen LogP contribution in [0.15, 0.2) is 60.7 Å². The monoisotopic (exact) mass is 339 g/mol. The van der Waals surface area contributed by atoms with Crippen molar-refractivity contribution in [3.05, 3.63) is 71.8 Å². The second-order valence-corrected chi connectivity index (χ2v) is 6.25. The van der Waals surface area contributed by atoms with Crippen LogP contribution in [0.5, 0.6) is 0 Å². The molecule has 2 aromatic carbocycles. The Kier molecular flexibility index (Phi) is 5.46. The number of carbonyl (C=O) groups is 2. The predicted molar refractivity (Wildman–Crippen MR) is 93.1 cm³/mol.